The average molecular weight is 442 g/mol. The molecular formula is C27H27N3O3. The van der Waals surface area contributed by atoms with E-state index in [1.807, 2.05) is 75.3 Å². The van der Waals surface area contributed by atoms with Gasteiger partial charge in [-0.2, -0.15) is 0 Å². The van der Waals surface area contributed by atoms with Crippen molar-refractivity contribution in [2.45, 2.75) is 13.8 Å². The first-order valence-electron chi connectivity index (χ1n) is 10.7. The van der Waals surface area contributed by atoms with Gasteiger partial charge < -0.3 is 15.0 Å². The lowest BCUT2D eigenvalue weighted by molar-refractivity contribution is -0.120. The maximum atomic E-state index is 13.7. The van der Waals surface area contributed by atoms with Crippen LogP contribution in [0.3, 0.4) is 0 Å². The van der Waals surface area contributed by atoms with Crippen molar-refractivity contribution in [1.82, 2.24) is 0 Å². The lowest BCUT2D eigenvalue weighted by Gasteiger charge is -2.18. The number of nitrogens with zero attached hydrogens (tertiary/aromatic N) is 2. The number of carbonyl (C=O) groups excluding carboxylic acids is 2. The Kier molecular flexibility index (Phi) is 5.92. The average Bonchev–Trinajstić information content (AvgIpc) is 3.06. The minimum Gasteiger partial charge on any atom is -0.496 e. The maximum absolute atomic E-state index is 13.7. The molecule has 0 fully saturated rings. The van der Waals surface area contributed by atoms with Crippen LogP contribution in [-0.4, -0.2) is 33.0 Å². The zero-order chi connectivity index (χ0) is 23.7. The molecule has 0 spiro atoms. The van der Waals surface area contributed by atoms with Crippen LogP contribution in [0.15, 0.2) is 72.4 Å². The molecule has 168 valence electrons. The van der Waals surface area contributed by atoms with Crippen molar-refractivity contribution < 1.29 is 14.3 Å². The lowest BCUT2D eigenvalue weighted by Crippen LogP contribution is -2.32. The van der Waals surface area contributed by atoms with Crippen molar-refractivity contribution >= 4 is 34.4 Å². The van der Waals surface area contributed by atoms with Crippen molar-refractivity contribution in [3.8, 4) is 5.75 Å². The number of hydrogen-bond donors (Lipinski definition) is 1. The molecule has 6 nitrogen and oxygen atoms in total. The Bertz CT molecular complexity index is 1260. The van der Waals surface area contributed by atoms with Crippen LogP contribution >= 0.6 is 0 Å². The third-order valence-electron chi connectivity index (χ3n) is 5.95. The Balaban J connectivity index is 1.85. The van der Waals surface area contributed by atoms with Crippen LogP contribution < -0.4 is 19.9 Å². The van der Waals surface area contributed by atoms with Gasteiger partial charge in [0, 0.05) is 31.0 Å². The molecule has 0 saturated heterocycles. The monoisotopic (exact) mass is 441 g/mol. The van der Waals surface area contributed by atoms with E-state index >= 15 is 0 Å². The first-order valence-corrected chi connectivity index (χ1v) is 10.7. The Labute approximate surface area is 194 Å². The number of benzene rings is 3. The van der Waals surface area contributed by atoms with Gasteiger partial charge in [-0.1, -0.05) is 30.3 Å². The largest absolute Gasteiger partial charge is 0.496 e. The van der Waals surface area contributed by atoms with E-state index in [4.69, 9.17) is 4.74 Å². The molecule has 33 heavy (non-hydrogen) atoms. The van der Waals surface area contributed by atoms with Gasteiger partial charge in [0.1, 0.15) is 11.4 Å². The normalized spacial score (nSPS) is 13.5. The number of methoxy groups -OCH3 is 1. The molecule has 6 heteroatoms. The van der Waals surface area contributed by atoms with Crippen LogP contribution in [-0.2, 0) is 9.59 Å². The summed E-state index contributed by atoms with van der Waals surface area (Å²) in [6.45, 7) is 4.00. The first-order chi connectivity index (χ1) is 15.8. The van der Waals surface area contributed by atoms with E-state index in [0.717, 1.165) is 22.5 Å². The molecule has 0 radical (unpaired) electrons. The molecular weight excluding hydrogens is 414 g/mol. The molecule has 4 rings (SSSR count). The highest BCUT2D eigenvalue weighted by atomic mass is 16.5. The predicted octanol–water partition coefficient (Wildman–Crippen LogP) is 4.77. The Hall–Kier alpha value is -4.06. The zero-order valence-corrected chi connectivity index (χ0v) is 19.5. The molecule has 1 aliphatic heterocycles. The third-order valence-corrected chi connectivity index (χ3v) is 5.95. The molecule has 0 aromatic heterocycles. The minimum absolute atomic E-state index is 0.231. The molecule has 1 N–H and O–H groups in total. The molecule has 1 heterocycles. The summed E-state index contributed by atoms with van der Waals surface area (Å²) in [6, 6.07) is 20.4. The fourth-order valence-electron chi connectivity index (χ4n) is 3.90. The van der Waals surface area contributed by atoms with Gasteiger partial charge in [-0.05, 0) is 61.4 Å². The van der Waals surface area contributed by atoms with Crippen molar-refractivity contribution in [2.75, 3.05) is 36.3 Å². The topological polar surface area (TPSA) is 61.9 Å². The first kappa shape index (κ1) is 22.1. The highest BCUT2D eigenvalue weighted by molar-refractivity contribution is 6.46. The second-order valence-electron chi connectivity index (χ2n) is 8.18. The van der Waals surface area contributed by atoms with Crippen molar-refractivity contribution in [3.05, 3.63) is 89.1 Å². The molecule has 0 unspecified atom stereocenters. The number of para-hydroxylation sites is 1. The number of imide groups is 1. The molecule has 3 aromatic rings. The van der Waals surface area contributed by atoms with Gasteiger partial charge in [0.05, 0.1) is 18.4 Å². The van der Waals surface area contributed by atoms with E-state index in [2.05, 4.69) is 5.32 Å². The molecule has 0 bridgehead atoms. The Morgan fingerprint density at radius 1 is 0.848 bits per heavy atom. The van der Waals surface area contributed by atoms with Crippen LogP contribution in [0.4, 0.5) is 17.1 Å². The fraction of sp³-hybridized carbons (Fsp3) is 0.185. The quantitative estimate of drug-likeness (QED) is 0.558. The van der Waals surface area contributed by atoms with Gasteiger partial charge in [0.15, 0.2) is 0 Å². The highest BCUT2D eigenvalue weighted by Gasteiger charge is 2.41. The summed E-state index contributed by atoms with van der Waals surface area (Å²) >= 11 is 0. The second kappa shape index (κ2) is 8.82. The van der Waals surface area contributed by atoms with Gasteiger partial charge in [-0.3, -0.25) is 9.59 Å². The maximum Gasteiger partial charge on any atom is 0.282 e. The van der Waals surface area contributed by atoms with Gasteiger partial charge in [0.25, 0.3) is 11.8 Å². The van der Waals surface area contributed by atoms with Gasteiger partial charge in [0.2, 0.25) is 0 Å². The summed E-state index contributed by atoms with van der Waals surface area (Å²) < 4.78 is 5.52. The zero-order valence-electron chi connectivity index (χ0n) is 19.5. The molecule has 0 atom stereocenters. The predicted molar refractivity (Wildman–Crippen MR) is 133 cm³/mol. The van der Waals surface area contributed by atoms with E-state index in [1.165, 1.54) is 4.90 Å². The number of nitrogens with one attached hydrogen (secondary N) is 1. The van der Waals surface area contributed by atoms with Gasteiger partial charge in [-0.15, -0.1) is 0 Å². The summed E-state index contributed by atoms with van der Waals surface area (Å²) in [5, 5.41) is 3.26. The van der Waals surface area contributed by atoms with Crippen molar-refractivity contribution in [3.63, 3.8) is 0 Å². The fourth-order valence-corrected chi connectivity index (χ4v) is 3.90. The third kappa shape index (κ3) is 3.96. The van der Waals surface area contributed by atoms with Gasteiger partial charge in [-0.25, -0.2) is 4.90 Å². The van der Waals surface area contributed by atoms with E-state index < -0.39 is 11.8 Å². The Morgan fingerprint density at radius 2 is 1.55 bits per heavy atom. The van der Waals surface area contributed by atoms with E-state index in [0.29, 0.717) is 17.0 Å². The van der Waals surface area contributed by atoms with E-state index in [9.17, 15) is 9.59 Å². The molecule has 0 aliphatic carbocycles. The molecule has 1 aliphatic rings. The van der Waals surface area contributed by atoms with Crippen LogP contribution in [0.25, 0.3) is 5.57 Å². The standard InChI is InChI=1S/C27H27N3O3/c1-17-9-8-11-22(18(17)2)28-25-24(21-10-6-7-12-23(21)33-5)26(31)30(27(25)32)20-15-13-19(14-16-20)29(3)4/h6-16,28H,1-5H3. The van der Waals surface area contributed by atoms with Crippen LogP contribution in [0.5, 0.6) is 5.75 Å². The van der Waals surface area contributed by atoms with Crippen LogP contribution in [0.1, 0.15) is 16.7 Å². The number of rotatable bonds is 6. The smallest absolute Gasteiger partial charge is 0.282 e. The Morgan fingerprint density at radius 3 is 2.21 bits per heavy atom. The number of carbonyl (C=O) groups is 2. The molecule has 2 amide bonds. The number of amides is 2. The number of anilines is 3. The van der Waals surface area contributed by atoms with E-state index in [-0.39, 0.29) is 11.3 Å². The molecule has 3 aromatic carbocycles. The van der Waals surface area contributed by atoms with Crippen LogP contribution in [0.2, 0.25) is 0 Å². The summed E-state index contributed by atoms with van der Waals surface area (Å²) in [5.74, 6) is -0.270. The van der Waals surface area contributed by atoms with E-state index in [1.54, 1.807) is 31.4 Å². The van der Waals surface area contributed by atoms with Gasteiger partial charge >= 0.3 is 0 Å². The summed E-state index contributed by atoms with van der Waals surface area (Å²) in [5.41, 5.74) is 5.46. The number of aryl methyl sites for hydroxylation is 1. The summed E-state index contributed by atoms with van der Waals surface area (Å²) in [4.78, 5) is 30.5. The summed E-state index contributed by atoms with van der Waals surface area (Å²) in [6.07, 6.45) is 0. The SMILES string of the molecule is COc1ccccc1C1=C(Nc2cccc(C)c2C)C(=O)N(c2ccc(N(C)C)cc2)C1=O. The highest BCUT2D eigenvalue weighted by Crippen LogP contribution is 2.38. The number of ether oxygens (including phenoxy) is 1. The second-order valence-corrected chi connectivity index (χ2v) is 8.18. The van der Waals surface area contributed by atoms with Crippen molar-refractivity contribution in [2.24, 2.45) is 0 Å². The molecule has 0 saturated carbocycles. The minimum atomic E-state index is -0.403. The van der Waals surface area contributed by atoms with Crippen LogP contribution in [0, 0.1) is 13.8 Å². The summed E-state index contributed by atoms with van der Waals surface area (Å²) in [7, 11) is 5.43. The number of hydrogen-bond acceptors (Lipinski definition) is 5. The lowest BCUT2D eigenvalue weighted by atomic mass is 10.0. The van der Waals surface area contributed by atoms with Crippen molar-refractivity contribution in [1.29, 1.82) is 0 Å².